The molecule has 18 heavy (non-hydrogen) atoms. The Morgan fingerprint density at radius 1 is 1.39 bits per heavy atom. The number of carbonyl (C=O) groups is 1. The van der Waals surface area contributed by atoms with Gasteiger partial charge in [-0.2, -0.15) is 0 Å². The molecule has 1 amide bonds. The van der Waals surface area contributed by atoms with E-state index in [9.17, 15) is 4.79 Å². The first-order chi connectivity index (χ1) is 8.72. The third-order valence-corrected chi connectivity index (χ3v) is 3.05. The lowest BCUT2D eigenvalue weighted by Gasteiger charge is -2.04. The highest BCUT2D eigenvalue weighted by molar-refractivity contribution is 5.97. The van der Waals surface area contributed by atoms with Crippen LogP contribution in [0.4, 0.5) is 0 Å². The number of amides is 1. The number of nitrogens with one attached hydrogen (secondary N) is 1. The van der Waals surface area contributed by atoms with Gasteiger partial charge in [-0.05, 0) is 24.6 Å². The van der Waals surface area contributed by atoms with Crippen LogP contribution in [0, 0.1) is 0 Å². The van der Waals surface area contributed by atoms with Gasteiger partial charge in [-0.1, -0.05) is 19.8 Å². The van der Waals surface area contributed by atoms with Gasteiger partial charge in [0.1, 0.15) is 0 Å². The molecule has 1 aromatic heterocycles. The molecule has 96 valence electrons. The fourth-order valence-electron chi connectivity index (χ4n) is 1.96. The van der Waals surface area contributed by atoms with Gasteiger partial charge in [-0.25, -0.2) is 4.98 Å². The predicted octanol–water partition coefficient (Wildman–Crippen LogP) is 2.49. The van der Waals surface area contributed by atoms with Crippen LogP contribution in [0.2, 0.25) is 0 Å². The number of aromatic nitrogens is 2. The van der Waals surface area contributed by atoms with Crippen LogP contribution in [0.25, 0.3) is 11.0 Å². The summed E-state index contributed by atoms with van der Waals surface area (Å²) in [6.07, 6.45) is 5.11. The Balaban J connectivity index is 2.04. The van der Waals surface area contributed by atoms with E-state index >= 15 is 0 Å². The van der Waals surface area contributed by atoms with E-state index in [-0.39, 0.29) is 5.91 Å². The van der Waals surface area contributed by atoms with Gasteiger partial charge in [0.15, 0.2) is 0 Å². The van der Waals surface area contributed by atoms with Gasteiger partial charge < -0.3 is 9.88 Å². The highest BCUT2D eigenvalue weighted by Gasteiger charge is 2.07. The Morgan fingerprint density at radius 3 is 3.00 bits per heavy atom. The van der Waals surface area contributed by atoms with E-state index in [0.29, 0.717) is 5.56 Å². The molecule has 0 atom stereocenters. The maximum Gasteiger partial charge on any atom is 0.251 e. The first-order valence-corrected chi connectivity index (χ1v) is 6.41. The number of rotatable bonds is 5. The summed E-state index contributed by atoms with van der Waals surface area (Å²) in [5, 5.41) is 2.93. The molecule has 0 saturated heterocycles. The van der Waals surface area contributed by atoms with E-state index in [1.807, 2.05) is 29.8 Å². The zero-order valence-electron chi connectivity index (χ0n) is 10.9. The number of unbranched alkanes of at least 4 members (excludes halogenated alkanes) is 2. The molecular weight excluding hydrogens is 226 g/mol. The van der Waals surface area contributed by atoms with Crippen LogP contribution < -0.4 is 5.32 Å². The minimum absolute atomic E-state index is 0.0151. The second-order valence-corrected chi connectivity index (χ2v) is 4.52. The van der Waals surface area contributed by atoms with Crippen molar-refractivity contribution >= 4 is 16.9 Å². The quantitative estimate of drug-likeness (QED) is 0.823. The third kappa shape index (κ3) is 2.70. The van der Waals surface area contributed by atoms with E-state index in [1.54, 1.807) is 6.33 Å². The van der Waals surface area contributed by atoms with Crippen molar-refractivity contribution in [2.75, 3.05) is 6.54 Å². The number of aryl methyl sites for hydroxylation is 1. The van der Waals surface area contributed by atoms with Crippen molar-refractivity contribution in [1.29, 1.82) is 0 Å². The number of nitrogens with zero attached hydrogens (tertiary/aromatic N) is 2. The molecule has 4 heteroatoms. The molecule has 0 radical (unpaired) electrons. The van der Waals surface area contributed by atoms with Gasteiger partial charge >= 0.3 is 0 Å². The fourth-order valence-corrected chi connectivity index (χ4v) is 1.96. The number of fused-ring (bicyclic) bond motifs is 1. The third-order valence-electron chi connectivity index (χ3n) is 3.05. The van der Waals surface area contributed by atoms with E-state index in [2.05, 4.69) is 17.2 Å². The Kier molecular flexibility index (Phi) is 3.97. The van der Waals surface area contributed by atoms with Gasteiger partial charge in [0.25, 0.3) is 5.91 Å². The molecule has 0 aliphatic heterocycles. The molecule has 2 aromatic rings. The van der Waals surface area contributed by atoms with Crippen LogP contribution >= 0.6 is 0 Å². The second kappa shape index (κ2) is 5.67. The SMILES string of the molecule is CCCCCNC(=O)c1ccc2c(c1)ncn2C. The molecule has 1 aromatic carbocycles. The van der Waals surface area contributed by atoms with E-state index in [4.69, 9.17) is 0 Å². The number of carbonyl (C=O) groups excluding carboxylic acids is 1. The Hall–Kier alpha value is -1.84. The minimum Gasteiger partial charge on any atom is -0.352 e. The molecule has 4 nitrogen and oxygen atoms in total. The average Bonchev–Trinajstić information content (AvgIpc) is 2.76. The smallest absolute Gasteiger partial charge is 0.251 e. The summed E-state index contributed by atoms with van der Waals surface area (Å²) in [5.74, 6) is -0.0151. The standard InChI is InChI=1S/C14H19N3O/c1-3-4-5-8-15-14(18)11-6-7-13-12(9-11)16-10-17(13)2/h6-7,9-10H,3-5,8H2,1-2H3,(H,15,18). The van der Waals surface area contributed by atoms with Crippen molar-refractivity contribution in [3.8, 4) is 0 Å². The maximum atomic E-state index is 11.9. The van der Waals surface area contributed by atoms with Crippen LogP contribution in [0.15, 0.2) is 24.5 Å². The Morgan fingerprint density at radius 2 is 2.22 bits per heavy atom. The second-order valence-electron chi connectivity index (χ2n) is 4.52. The Bertz CT molecular complexity index is 545. The molecule has 0 bridgehead atoms. The van der Waals surface area contributed by atoms with Gasteiger partial charge in [0.2, 0.25) is 0 Å². The average molecular weight is 245 g/mol. The largest absolute Gasteiger partial charge is 0.352 e. The van der Waals surface area contributed by atoms with Crippen LogP contribution in [0.3, 0.4) is 0 Å². The molecule has 0 saturated carbocycles. The van der Waals surface area contributed by atoms with E-state index < -0.39 is 0 Å². The van der Waals surface area contributed by atoms with Crippen molar-refractivity contribution in [1.82, 2.24) is 14.9 Å². The lowest BCUT2D eigenvalue weighted by molar-refractivity contribution is 0.0953. The number of hydrogen-bond acceptors (Lipinski definition) is 2. The fraction of sp³-hybridized carbons (Fsp3) is 0.429. The zero-order chi connectivity index (χ0) is 13.0. The van der Waals surface area contributed by atoms with Gasteiger partial charge in [-0.15, -0.1) is 0 Å². The molecule has 0 fully saturated rings. The first-order valence-electron chi connectivity index (χ1n) is 6.41. The highest BCUT2D eigenvalue weighted by Crippen LogP contribution is 2.13. The molecule has 0 spiro atoms. The summed E-state index contributed by atoms with van der Waals surface area (Å²) in [6.45, 7) is 2.89. The maximum absolute atomic E-state index is 11.9. The van der Waals surface area contributed by atoms with Crippen LogP contribution in [-0.4, -0.2) is 22.0 Å². The van der Waals surface area contributed by atoms with Crippen molar-refractivity contribution in [2.24, 2.45) is 7.05 Å². The number of benzene rings is 1. The number of hydrogen-bond donors (Lipinski definition) is 1. The summed E-state index contributed by atoms with van der Waals surface area (Å²) < 4.78 is 1.94. The van der Waals surface area contributed by atoms with Crippen molar-refractivity contribution < 1.29 is 4.79 Å². The molecule has 2 rings (SSSR count). The molecule has 1 heterocycles. The van der Waals surface area contributed by atoms with Gasteiger partial charge in [0, 0.05) is 19.2 Å². The van der Waals surface area contributed by atoms with Crippen molar-refractivity contribution in [3.05, 3.63) is 30.1 Å². The van der Waals surface area contributed by atoms with Crippen molar-refractivity contribution in [2.45, 2.75) is 26.2 Å². The van der Waals surface area contributed by atoms with Crippen LogP contribution in [0.1, 0.15) is 36.5 Å². The lowest BCUT2D eigenvalue weighted by Crippen LogP contribution is -2.24. The number of imidazole rings is 1. The summed E-state index contributed by atoms with van der Waals surface area (Å²) in [7, 11) is 1.94. The molecule has 1 N–H and O–H groups in total. The van der Waals surface area contributed by atoms with Gasteiger partial charge in [0.05, 0.1) is 17.4 Å². The van der Waals surface area contributed by atoms with Crippen LogP contribution in [0.5, 0.6) is 0 Å². The van der Waals surface area contributed by atoms with Crippen LogP contribution in [-0.2, 0) is 7.05 Å². The van der Waals surface area contributed by atoms with E-state index in [0.717, 1.165) is 36.8 Å². The zero-order valence-corrected chi connectivity index (χ0v) is 10.9. The van der Waals surface area contributed by atoms with Gasteiger partial charge in [-0.3, -0.25) is 4.79 Å². The van der Waals surface area contributed by atoms with Crippen molar-refractivity contribution in [3.63, 3.8) is 0 Å². The molecular formula is C14H19N3O. The Labute approximate surface area is 107 Å². The molecule has 0 unspecified atom stereocenters. The minimum atomic E-state index is -0.0151. The topological polar surface area (TPSA) is 46.9 Å². The normalized spacial score (nSPS) is 10.8. The summed E-state index contributed by atoms with van der Waals surface area (Å²) in [5.41, 5.74) is 2.58. The monoisotopic (exact) mass is 245 g/mol. The summed E-state index contributed by atoms with van der Waals surface area (Å²) in [6, 6.07) is 5.62. The molecule has 0 aliphatic rings. The first kappa shape index (κ1) is 12.6. The predicted molar refractivity (Wildman–Crippen MR) is 72.6 cm³/mol. The summed E-state index contributed by atoms with van der Waals surface area (Å²) >= 11 is 0. The summed E-state index contributed by atoms with van der Waals surface area (Å²) in [4.78, 5) is 16.2. The molecule has 0 aliphatic carbocycles. The lowest BCUT2D eigenvalue weighted by atomic mass is 10.2. The highest BCUT2D eigenvalue weighted by atomic mass is 16.1. The van der Waals surface area contributed by atoms with E-state index in [1.165, 1.54) is 0 Å².